The number of aromatic amines is 1. The molecule has 0 aliphatic heterocycles. The van der Waals surface area contributed by atoms with Crippen LogP contribution in [0.2, 0.25) is 0 Å². The van der Waals surface area contributed by atoms with E-state index in [-0.39, 0.29) is 11.1 Å². The topological polar surface area (TPSA) is 95.9 Å². The third kappa shape index (κ3) is 1.13. The predicted molar refractivity (Wildman–Crippen MR) is 47.1 cm³/mol. The number of carboxylic acids is 1. The van der Waals surface area contributed by atoms with Crippen LogP contribution in [0.1, 0.15) is 10.4 Å². The smallest absolute Gasteiger partial charge is 0.341 e. The van der Waals surface area contributed by atoms with Gasteiger partial charge < -0.3 is 10.1 Å². The molecule has 0 aromatic carbocycles. The summed E-state index contributed by atoms with van der Waals surface area (Å²) in [6.07, 6.45) is 3.74. The molecular weight excluding hydrogens is 186 g/mol. The predicted octanol–water partition coefficient (Wildman–Crippen LogP) is 0.0163. The van der Waals surface area contributed by atoms with Crippen LogP contribution in [0.3, 0.4) is 0 Å². The number of carbonyl (C=O) groups is 1. The lowest BCUT2D eigenvalue weighted by atomic mass is 10.2. The van der Waals surface area contributed by atoms with Gasteiger partial charge in [0, 0.05) is 6.20 Å². The molecule has 70 valence electrons. The number of carboxylic acid groups (broad SMARTS) is 1. The Morgan fingerprint density at radius 3 is 3.00 bits per heavy atom. The normalized spacial score (nSPS) is 10.3. The fourth-order valence-corrected chi connectivity index (χ4v) is 1.12. The van der Waals surface area contributed by atoms with Crippen molar-refractivity contribution >= 4 is 17.0 Å². The standard InChI is InChI=1S/C8H5N3O3/c12-7-4(8(13)14)1-10-5-2-9-3-11-6(5)7/h1-3H,(H,10,12)(H,13,14). The summed E-state index contributed by atoms with van der Waals surface area (Å²) in [6, 6.07) is 0. The molecule has 14 heavy (non-hydrogen) atoms. The zero-order chi connectivity index (χ0) is 10.1. The Morgan fingerprint density at radius 2 is 2.29 bits per heavy atom. The Balaban J connectivity index is 2.89. The van der Waals surface area contributed by atoms with E-state index in [1.54, 1.807) is 0 Å². The summed E-state index contributed by atoms with van der Waals surface area (Å²) in [6.45, 7) is 0. The van der Waals surface area contributed by atoms with Crippen molar-refractivity contribution in [2.45, 2.75) is 0 Å². The van der Waals surface area contributed by atoms with Gasteiger partial charge in [-0.25, -0.2) is 14.8 Å². The largest absolute Gasteiger partial charge is 0.477 e. The van der Waals surface area contributed by atoms with E-state index < -0.39 is 11.4 Å². The van der Waals surface area contributed by atoms with E-state index in [1.807, 2.05) is 0 Å². The first kappa shape index (κ1) is 8.36. The van der Waals surface area contributed by atoms with Crippen molar-refractivity contribution in [2.24, 2.45) is 0 Å². The molecule has 0 aliphatic rings. The fourth-order valence-electron chi connectivity index (χ4n) is 1.12. The Kier molecular flexibility index (Phi) is 1.74. The second-order valence-electron chi connectivity index (χ2n) is 2.62. The lowest BCUT2D eigenvalue weighted by Crippen LogP contribution is -2.16. The van der Waals surface area contributed by atoms with Gasteiger partial charge in [0.15, 0.2) is 0 Å². The molecule has 0 saturated carbocycles. The average Bonchev–Trinajstić information content (AvgIpc) is 2.18. The molecule has 2 rings (SSSR count). The summed E-state index contributed by atoms with van der Waals surface area (Å²) >= 11 is 0. The summed E-state index contributed by atoms with van der Waals surface area (Å²) in [7, 11) is 0. The monoisotopic (exact) mass is 191 g/mol. The number of nitrogens with one attached hydrogen (secondary N) is 1. The van der Waals surface area contributed by atoms with Crippen LogP contribution in [0.4, 0.5) is 0 Å². The van der Waals surface area contributed by atoms with Gasteiger partial charge in [-0.15, -0.1) is 0 Å². The summed E-state index contributed by atoms with van der Waals surface area (Å²) in [4.78, 5) is 32.1. The van der Waals surface area contributed by atoms with Gasteiger partial charge in [0.2, 0.25) is 5.43 Å². The van der Waals surface area contributed by atoms with E-state index in [9.17, 15) is 9.59 Å². The van der Waals surface area contributed by atoms with Crippen molar-refractivity contribution < 1.29 is 9.90 Å². The van der Waals surface area contributed by atoms with Crippen LogP contribution >= 0.6 is 0 Å². The Morgan fingerprint density at radius 1 is 1.50 bits per heavy atom. The van der Waals surface area contributed by atoms with Crippen LogP contribution in [0.15, 0.2) is 23.5 Å². The number of rotatable bonds is 1. The first-order valence-electron chi connectivity index (χ1n) is 3.75. The third-order valence-corrected chi connectivity index (χ3v) is 1.77. The van der Waals surface area contributed by atoms with E-state index in [1.165, 1.54) is 12.5 Å². The van der Waals surface area contributed by atoms with Crippen molar-refractivity contribution in [2.75, 3.05) is 0 Å². The minimum Gasteiger partial charge on any atom is -0.477 e. The minimum absolute atomic E-state index is 0.0832. The molecule has 6 nitrogen and oxygen atoms in total. The molecule has 0 spiro atoms. The Labute approximate surface area is 77.3 Å². The summed E-state index contributed by atoms with van der Waals surface area (Å²) in [5.41, 5.74) is -0.424. The second kappa shape index (κ2) is 2.91. The highest BCUT2D eigenvalue weighted by Gasteiger charge is 2.11. The van der Waals surface area contributed by atoms with Gasteiger partial charge in [-0.3, -0.25) is 4.79 Å². The highest BCUT2D eigenvalue weighted by molar-refractivity contribution is 5.90. The van der Waals surface area contributed by atoms with Gasteiger partial charge >= 0.3 is 5.97 Å². The second-order valence-corrected chi connectivity index (χ2v) is 2.62. The molecule has 0 saturated heterocycles. The molecule has 2 aromatic rings. The number of pyridine rings is 1. The first-order valence-corrected chi connectivity index (χ1v) is 3.75. The van der Waals surface area contributed by atoms with Gasteiger partial charge in [-0.2, -0.15) is 0 Å². The molecule has 2 heterocycles. The van der Waals surface area contributed by atoms with Crippen molar-refractivity contribution in [3.63, 3.8) is 0 Å². The van der Waals surface area contributed by atoms with Crippen LogP contribution in [0.5, 0.6) is 0 Å². The molecule has 0 atom stereocenters. The van der Waals surface area contributed by atoms with Crippen LogP contribution in [0.25, 0.3) is 11.0 Å². The first-order chi connectivity index (χ1) is 6.70. The zero-order valence-corrected chi connectivity index (χ0v) is 6.89. The average molecular weight is 191 g/mol. The summed E-state index contributed by atoms with van der Waals surface area (Å²) in [5.74, 6) is -1.27. The van der Waals surface area contributed by atoms with Gasteiger partial charge in [0.05, 0.1) is 11.7 Å². The van der Waals surface area contributed by atoms with Gasteiger partial charge in [0.1, 0.15) is 17.4 Å². The van der Waals surface area contributed by atoms with Crippen LogP contribution in [0, 0.1) is 0 Å². The Hall–Kier alpha value is -2.24. The maximum absolute atomic E-state index is 11.5. The molecule has 0 amide bonds. The molecule has 0 fully saturated rings. The quantitative estimate of drug-likeness (QED) is 0.662. The molecular formula is C8H5N3O3. The number of aromatic nitrogens is 3. The van der Waals surface area contributed by atoms with Crippen molar-refractivity contribution in [3.8, 4) is 0 Å². The third-order valence-electron chi connectivity index (χ3n) is 1.77. The number of hydrogen-bond acceptors (Lipinski definition) is 4. The van der Waals surface area contributed by atoms with Crippen LogP contribution in [-0.2, 0) is 0 Å². The zero-order valence-electron chi connectivity index (χ0n) is 6.89. The Bertz CT molecular complexity index is 561. The molecule has 0 unspecified atom stereocenters. The summed E-state index contributed by atoms with van der Waals surface area (Å²) in [5, 5.41) is 8.66. The van der Waals surface area contributed by atoms with Crippen LogP contribution < -0.4 is 5.43 Å². The number of aromatic carboxylic acids is 1. The molecule has 2 aromatic heterocycles. The summed E-state index contributed by atoms with van der Waals surface area (Å²) < 4.78 is 0. The molecule has 2 N–H and O–H groups in total. The van der Waals surface area contributed by atoms with E-state index in [0.717, 1.165) is 6.20 Å². The van der Waals surface area contributed by atoms with E-state index in [4.69, 9.17) is 5.11 Å². The number of fused-ring (bicyclic) bond motifs is 1. The van der Waals surface area contributed by atoms with Gasteiger partial charge in [-0.1, -0.05) is 0 Å². The van der Waals surface area contributed by atoms with E-state index >= 15 is 0 Å². The molecule has 0 bridgehead atoms. The SMILES string of the molecule is O=C(O)c1c[nH]c2cncnc2c1=O. The van der Waals surface area contributed by atoms with Crippen molar-refractivity contribution in [3.05, 3.63) is 34.5 Å². The minimum atomic E-state index is -1.27. The number of nitrogens with zero attached hydrogens (tertiary/aromatic N) is 2. The van der Waals surface area contributed by atoms with E-state index in [2.05, 4.69) is 15.0 Å². The fraction of sp³-hybridized carbons (Fsp3) is 0. The van der Waals surface area contributed by atoms with Crippen molar-refractivity contribution in [1.29, 1.82) is 0 Å². The van der Waals surface area contributed by atoms with Crippen molar-refractivity contribution in [1.82, 2.24) is 15.0 Å². The van der Waals surface area contributed by atoms with E-state index in [0.29, 0.717) is 5.52 Å². The highest BCUT2D eigenvalue weighted by atomic mass is 16.4. The van der Waals surface area contributed by atoms with Gasteiger partial charge in [-0.05, 0) is 0 Å². The van der Waals surface area contributed by atoms with Crippen LogP contribution in [-0.4, -0.2) is 26.0 Å². The number of hydrogen-bond donors (Lipinski definition) is 2. The number of H-pyrrole nitrogens is 1. The lowest BCUT2D eigenvalue weighted by Gasteiger charge is -1.96. The highest BCUT2D eigenvalue weighted by Crippen LogP contribution is 2.01. The van der Waals surface area contributed by atoms with Gasteiger partial charge in [0.25, 0.3) is 0 Å². The maximum Gasteiger partial charge on any atom is 0.341 e. The molecule has 0 radical (unpaired) electrons. The maximum atomic E-state index is 11.5. The lowest BCUT2D eigenvalue weighted by molar-refractivity contribution is 0.0695. The molecule has 6 heteroatoms. The molecule has 0 aliphatic carbocycles.